The largest absolute Gasteiger partial charge is 0.444 e. The summed E-state index contributed by atoms with van der Waals surface area (Å²) in [6.45, 7) is 12.9. The Kier molecular flexibility index (Phi) is 10.1. The fraction of sp³-hybridized carbons (Fsp3) is 0.882. The maximum Gasteiger partial charge on any atom is 0.408 e. The van der Waals surface area contributed by atoms with Crippen molar-refractivity contribution in [3.63, 3.8) is 0 Å². The van der Waals surface area contributed by atoms with Gasteiger partial charge in [0, 0.05) is 33.2 Å². The van der Waals surface area contributed by atoms with Crippen LogP contribution in [0.1, 0.15) is 48.0 Å². The van der Waals surface area contributed by atoms with Gasteiger partial charge in [0.15, 0.2) is 5.96 Å². The Hall–Kier alpha value is -1.55. The molecular formula is C17H37N5O4S. The van der Waals surface area contributed by atoms with Gasteiger partial charge in [0.2, 0.25) is 10.0 Å². The Morgan fingerprint density at radius 3 is 2.19 bits per heavy atom. The summed E-state index contributed by atoms with van der Waals surface area (Å²) in [6.07, 6.45) is 1.39. The highest BCUT2D eigenvalue weighted by atomic mass is 32.2. The molecule has 0 radical (unpaired) electrons. The lowest BCUT2D eigenvalue weighted by atomic mass is 10.1. The predicted octanol–water partition coefficient (Wildman–Crippen LogP) is 1.13. The van der Waals surface area contributed by atoms with Crippen LogP contribution < -0.4 is 16.0 Å². The summed E-state index contributed by atoms with van der Waals surface area (Å²) in [4.78, 5) is 16.0. The molecule has 3 N–H and O–H groups in total. The van der Waals surface area contributed by atoms with Crippen molar-refractivity contribution in [2.75, 3.05) is 39.5 Å². The van der Waals surface area contributed by atoms with Crippen LogP contribution in [0, 0.1) is 0 Å². The quantitative estimate of drug-likeness (QED) is 0.300. The second-order valence-electron chi connectivity index (χ2n) is 7.97. The summed E-state index contributed by atoms with van der Waals surface area (Å²) >= 11 is 0. The number of hydrogen-bond donors (Lipinski definition) is 3. The maximum atomic E-state index is 11.9. The standard InChI is InChI=1S/C17H37N5O4S/c1-9-22(27(8,24)25)12-10-11-19-14(18-7)20-13-17(5,6)21-15(23)26-16(2,3)4/h9-13H2,1-8H3,(H,21,23)(H2,18,19,20). The Bertz CT molecular complexity index is 597. The first-order valence-electron chi connectivity index (χ1n) is 9.11. The van der Waals surface area contributed by atoms with Gasteiger partial charge in [0.05, 0.1) is 11.8 Å². The summed E-state index contributed by atoms with van der Waals surface area (Å²) in [5.74, 6) is 0.580. The Balaban J connectivity index is 4.36. The van der Waals surface area contributed by atoms with E-state index in [4.69, 9.17) is 4.74 Å². The first-order valence-corrected chi connectivity index (χ1v) is 11.0. The molecule has 0 aromatic carbocycles. The number of aliphatic imine (C=N–C) groups is 1. The van der Waals surface area contributed by atoms with Crippen molar-refractivity contribution in [1.82, 2.24) is 20.3 Å². The topological polar surface area (TPSA) is 112 Å². The fourth-order valence-corrected chi connectivity index (χ4v) is 3.10. The van der Waals surface area contributed by atoms with Gasteiger partial charge >= 0.3 is 6.09 Å². The number of ether oxygens (including phenoxy) is 1. The van der Waals surface area contributed by atoms with Gasteiger partial charge in [-0.05, 0) is 41.0 Å². The molecule has 0 aromatic heterocycles. The molecule has 10 heteroatoms. The molecule has 0 saturated carbocycles. The normalized spacial score (nSPS) is 13.4. The average molecular weight is 408 g/mol. The summed E-state index contributed by atoms with van der Waals surface area (Å²) in [7, 11) is -1.52. The number of nitrogens with one attached hydrogen (secondary N) is 3. The van der Waals surface area contributed by atoms with E-state index >= 15 is 0 Å². The second kappa shape index (κ2) is 10.7. The highest BCUT2D eigenvalue weighted by Gasteiger charge is 2.24. The van der Waals surface area contributed by atoms with E-state index in [2.05, 4.69) is 20.9 Å². The lowest BCUT2D eigenvalue weighted by Crippen LogP contribution is -2.54. The second-order valence-corrected chi connectivity index (χ2v) is 9.95. The van der Waals surface area contributed by atoms with Gasteiger partial charge in [0.25, 0.3) is 0 Å². The minimum atomic E-state index is -3.17. The fourth-order valence-electron chi connectivity index (χ4n) is 2.17. The summed E-state index contributed by atoms with van der Waals surface area (Å²) in [6, 6.07) is 0. The number of rotatable bonds is 9. The molecule has 0 spiro atoms. The average Bonchev–Trinajstić information content (AvgIpc) is 2.46. The number of carbonyl (C=O) groups excluding carboxylic acids is 1. The number of amides is 1. The SMILES string of the molecule is CCN(CCCNC(=NC)NCC(C)(C)NC(=O)OC(C)(C)C)S(C)(=O)=O. The van der Waals surface area contributed by atoms with Crippen LogP contribution in [0.25, 0.3) is 0 Å². The molecule has 1 amide bonds. The molecule has 0 heterocycles. The van der Waals surface area contributed by atoms with Crippen LogP contribution >= 0.6 is 0 Å². The molecule has 27 heavy (non-hydrogen) atoms. The van der Waals surface area contributed by atoms with E-state index < -0.39 is 27.3 Å². The lowest BCUT2D eigenvalue weighted by Gasteiger charge is -2.29. The molecule has 0 rings (SSSR count). The van der Waals surface area contributed by atoms with Gasteiger partial charge < -0.3 is 20.7 Å². The van der Waals surface area contributed by atoms with Gasteiger partial charge in [-0.1, -0.05) is 6.92 Å². The summed E-state index contributed by atoms with van der Waals surface area (Å²) in [5.41, 5.74) is -1.10. The van der Waals surface area contributed by atoms with Crippen molar-refractivity contribution < 1.29 is 17.9 Å². The van der Waals surface area contributed by atoms with E-state index in [1.54, 1.807) is 7.05 Å². The number of guanidine groups is 1. The molecule has 0 saturated heterocycles. The highest BCUT2D eigenvalue weighted by Crippen LogP contribution is 2.09. The third-order valence-electron chi connectivity index (χ3n) is 3.46. The van der Waals surface area contributed by atoms with Crippen molar-refractivity contribution in [3.8, 4) is 0 Å². The zero-order valence-electron chi connectivity index (χ0n) is 18.0. The molecule has 9 nitrogen and oxygen atoms in total. The molecule has 160 valence electrons. The molecule has 0 aliphatic carbocycles. The monoisotopic (exact) mass is 407 g/mol. The van der Waals surface area contributed by atoms with Crippen LogP contribution in [0.4, 0.5) is 4.79 Å². The molecular weight excluding hydrogens is 370 g/mol. The number of carbonyl (C=O) groups is 1. The molecule has 0 fully saturated rings. The molecule has 0 aromatic rings. The minimum Gasteiger partial charge on any atom is -0.444 e. The van der Waals surface area contributed by atoms with E-state index in [1.165, 1.54) is 10.6 Å². The molecule has 0 atom stereocenters. The van der Waals surface area contributed by atoms with Crippen molar-refractivity contribution in [2.24, 2.45) is 4.99 Å². The first kappa shape index (κ1) is 25.4. The highest BCUT2D eigenvalue weighted by molar-refractivity contribution is 7.88. The van der Waals surface area contributed by atoms with Gasteiger partial charge in [-0.3, -0.25) is 4.99 Å². The zero-order chi connectivity index (χ0) is 21.3. The summed E-state index contributed by atoms with van der Waals surface area (Å²) in [5, 5.41) is 9.10. The van der Waals surface area contributed by atoms with Crippen LogP contribution in [-0.4, -0.2) is 75.4 Å². The van der Waals surface area contributed by atoms with Crippen LogP contribution in [0.3, 0.4) is 0 Å². The van der Waals surface area contributed by atoms with E-state index in [1.807, 2.05) is 41.5 Å². The molecule has 0 aliphatic heterocycles. The third kappa shape index (κ3) is 12.5. The predicted molar refractivity (Wildman–Crippen MR) is 110 cm³/mol. The van der Waals surface area contributed by atoms with E-state index in [0.29, 0.717) is 38.6 Å². The lowest BCUT2D eigenvalue weighted by molar-refractivity contribution is 0.0474. The Labute approximate surface area is 164 Å². The van der Waals surface area contributed by atoms with Gasteiger partial charge in [0.1, 0.15) is 5.60 Å². The van der Waals surface area contributed by atoms with Crippen molar-refractivity contribution >= 4 is 22.1 Å². The smallest absolute Gasteiger partial charge is 0.408 e. The number of hydrogen-bond acceptors (Lipinski definition) is 5. The summed E-state index contributed by atoms with van der Waals surface area (Å²) < 4.78 is 29.8. The number of sulfonamides is 1. The Morgan fingerprint density at radius 2 is 1.74 bits per heavy atom. The van der Waals surface area contributed by atoms with Crippen molar-refractivity contribution in [3.05, 3.63) is 0 Å². The van der Waals surface area contributed by atoms with Crippen molar-refractivity contribution in [2.45, 2.75) is 59.1 Å². The van der Waals surface area contributed by atoms with E-state index in [9.17, 15) is 13.2 Å². The van der Waals surface area contributed by atoms with Gasteiger partial charge in [-0.15, -0.1) is 0 Å². The van der Waals surface area contributed by atoms with Crippen LogP contribution in [0.5, 0.6) is 0 Å². The van der Waals surface area contributed by atoms with Crippen LogP contribution in [-0.2, 0) is 14.8 Å². The van der Waals surface area contributed by atoms with Gasteiger partial charge in [-0.25, -0.2) is 17.5 Å². The van der Waals surface area contributed by atoms with Crippen LogP contribution in [0.2, 0.25) is 0 Å². The van der Waals surface area contributed by atoms with E-state index in [0.717, 1.165) is 0 Å². The first-order chi connectivity index (χ1) is 12.2. The zero-order valence-corrected chi connectivity index (χ0v) is 18.8. The van der Waals surface area contributed by atoms with Gasteiger partial charge in [-0.2, -0.15) is 0 Å². The third-order valence-corrected chi connectivity index (χ3v) is 4.84. The maximum absolute atomic E-state index is 11.9. The molecule has 0 aliphatic rings. The molecule has 0 unspecified atom stereocenters. The number of alkyl carbamates (subject to hydrolysis) is 1. The van der Waals surface area contributed by atoms with E-state index in [-0.39, 0.29) is 0 Å². The molecule has 0 bridgehead atoms. The Morgan fingerprint density at radius 1 is 1.15 bits per heavy atom. The van der Waals surface area contributed by atoms with Crippen molar-refractivity contribution in [1.29, 1.82) is 0 Å². The minimum absolute atomic E-state index is 0.441. The number of nitrogens with zero attached hydrogens (tertiary/aromatic N) is 2. The van der Waals surface area contributed by atoms with Crippen LogP contribution in [0.15, 0.2) is 4.99 Å².